The molecule has 0 saturated heterocycles. The lowest BCUT2D eigenvalue weighted by molar-refractivity contribution is -0.129. The number of rotatable bonds is 3. The van der Waals surface area contributed by atoms with E-state index in [2.05, 4.69) is 24.3 Å². The minimum Gasteiger partial charge on any atom is -0.454 e. The van der Waals surface area contributed by atoms with Gasteiger partial charge in [0.1, 0.15) is 0 Å². The zero-order chi connectivity index (χ0) is 21.0. The average molecular weight is 396 g/mol. The third-order valence-corrected chi connectivity index (χ3v) is 5.49. The maximum Gasteiger partial charge on any atom is 0.338 e. The van der Waals surface area contributed by atoms with Crippen molar-refractivity contribution in [1.29, 1.82) is 0 Å². The number of ketones is 1. The summed E-state index contributed by atoms with van der Waals surface area (Å²) in [6.45, 7) is 5.16. The van der Waals surface area contributed by atoms with Crippen LogP contribution < -0.4 is 0 Å². The van der Waals surface area contributed by atoms with Crippen LogP contribution in [0.15, 0.2) is 54.6 Å². The lowest BCUT2D eigenvalue weighted by Crippen LogP contribution is -2.26. The van der Waals surface area contributed by atoms with E-state index in [1.807, 2.05) is 12.1 Å². The Labute approximate surface area is 173 Å². The fourth-order valence-corrected chi connectivity index (χ4v) is 3.72. The number of benzene rings is 3. The molecule has 30 heavy (non-hydrogen) atoms. The van der Waals surface area contributed by atoms with Crippen LogP contribution in [0.1, 0.15) is 31.1 Å². The first kappa shape index (κ1) is 18.4. The fraction of sp³-hybridized carbons (Fsp3) is 0.200. The van der Waals surface area contributed by atoms with Crippen LogP contribution in [0.2, 0.25) is 0 Å². The van der Waals surface area contributed by atoms with E-state index < -0.39 is 11.4 Å². The van der Waals surface area contributed by atoms with E-state index in [-0.39, 0.29) is 12.4 Å². The number of esters is 1. The highest BCUT2D eigenvalue weighted by Gasteiger charge is 2.25. The minimum absolute atomic E-state index is 0.125. The van der Waals surface area contributed by atoms with Crippen LogP contribution in [-0.2, 0) is 9.53 Å². The molecule has 4 aromatic rings. The van der Waals surface area contributed by atoms with Gasteiger partial charge >= 0.3 is 5.97 Å². The van der Waals surface area contributed by atoms with Crippen molar-refractivity contribution in [3.8, 4) is 22.5 Å². The molecule has 0 radical (unpaired) electrons. The SMILES string of the molecule is CC(C)(C)C(=O)COC(=O)c1ccc2nc3c(nc2c1)-c1cccc2cccc-3c12. The Bertz CT molecular complexity index is 1360. The third kappa shape index (κ3) is 2.86. The van der Waals surface area contributed by atoms with Crippen LogP contribution in [0.3, 0.4) is 0 Å². The smallest absolute Gasteiger partial charge is 0.338 e. The van der Waals surface area contributed by atoms with E-state index in [9.17, 15) is 9.59 Å². The van der Waals surface area contributed by atoms with Gasteiger partial charge in [-0.25, -0.2) is 14.8 Å². The first-order valence-corrected chi connectivity index (χ1v) is 9.88. The van der Waals surface area contributed by atoms with Crippen LogP contribution in [0.4, 0.5) is 0 Å². The molecule has 3 aromatic carbocycles. The summed E-state index contributed by atoms with van der Waals surface area (Å²) in [5, 5.41) is 2.31. The van der Waals surface area contributed by atoms with Crippen molar-refractivity contribution < 1.29 is 14.3 Å². The number of aromatic nitrogens is 2. The molecule has 1 aromatic heterocycles. The topological polar surface area (TPSA) is 69.2 Å². The number of hydrogen-bond acceptors (Lipinski definition) is 5. The van der Waals surface area contributed by atoms with Crippen molar-refractivity contribution in [3.63, 3.8) is 0 Å². The largest absolute Gasteiger partial charge is 0.454 e. The zero-order valence-corrected chi connectivity index (χ0v) is 17.0. The molecule has 1 aliphatic carbocycles. The summed E-state index contributed by atoms with van der Waals surface area (Å²) in [6, 6.07) is 17.4. The molecule has 0 aliphatic heterocycles. The molecule has 0 atom stereocenters. The molecule has 1 aliphatic rings. The Kier molecular flexibility index (Phi) is 3.97. The van der Waals surface area contributed by atoms with Crippen LogP contribution in [-0.4, -0.2) is 28.3 Å². The number of Topliss-reactive ketones (excluding diaryl/α,β-unsaturated/α-hetero) is 1. The summed E-state index contributed by atoms with van der Waals surface area (Å²) >= 11 is 0. The van der Waals surface area contributed by atoms with E-state index in [1.54, 1.807) is 39.0 Å². The summed E-state index contributed by atoms with van der Waals surface area (Å²) in [7, 11) is 0. The van der Waals surface area contributed by atoms with Gasteiger partial charge in [0.15, 0.2) is 12.4 Å². The van der Waals surface area contributed by atoms with Gasteiger partial charge in [0.2, 0.25) is 0 Å². The molecule has 0 N–H and O–H groups in total. The number of carbonyl (C=O) groups is 2. The highest BCUT2D eigenvalue weighted by atomic mass is 16.5. The molecule has 5 nitrogen and oxygen atoms in total. The zero-order valence-electron chi connectivity index (χ0n) is 17.0. The number of hydrogen-bond donors (Lipinski definition) is 0. The average Bonchev–Trinajstić information content (AvgIpc) is 3.04. The van der Waals surface area contributed by atoms with Crippen molar-refractivity contribution in [1.82, 2.24) is 9.97 Å². The van der Waals surface area contributed by atoms with E-state index in [0.717, 1.165) is 33.3 Å². The van der Waals surface area contributed by atoms with Gasteiger partial charge < -0.3 is 4.74 Å². The molecule has 5 rings (SSSR count). The van der Waals surface area contributed by atoms with Gasteiger partial charge in [0, 0.05) is 21.9 Å². The molecule has 0 amide bonds. The Hall–Kier alpha value is -3.60. The van der Waals surface area contributed by atoms with Gasteiger partial charge in [0.25, 0.3) is 0 Å². The lowest BCUT2D eigenvalue weighted by Gasteiger charge is -2.16. The minimum atomic E-state index is -0.550. The summed E-state index contributed by atoms with van der Waals surface area (Å²) in [5.41, 5.74) is 4.95. The quantitative estimate of drug-likeness (QED) is 0.392. The van der Waals surface area contributed by atoms with Crippen molar-refractivity contribution in [3.05, 3.63) is 60.2 Å². The van der Waals surface area contributed by atoms with Crippen LogP contribution in [0, 0.1) is 5.41 Å². The summed E-state index contributed by atoms with van der Waals surface area (Å²) in [6.07, 6.45) is 0. The number of fused-ring (bicyclic) bond motifs is 4. The van der Waals surface area contributed by atoms with Crippen molar-refractivity contribution >= 4 is 33.6 Å². The Morgan fingerprint density at radius 1 is 0.867 bits per heavy atom. The van der Waals surface area contributed by atoms with Crippen LogP contribution >= 0.6 is 0 Å². The number of ether oxygens (including phenoxy) is 1. The molecule has 0 fully saturated rings. The van der Waals surface area contributed by atoms with Crippen molar-refractivity contribution in [2.45, 2.75) is 20.8 Å². The van der Waals surface area contributed by atoms with Gasteiger partial charge in [-0.2, -0.15) is 0 Å². The van der Waals surface area contributed by atoms with E-state index in [0.29, 0.717) is 16.6 Å². The molecule has 5 heteroatoms. The van der Waals surface area contributed by atoms with Gasteiger partial charge in [-0.05, 0) is 23.6 Å². The van der Waals surface area contributed by atoms with Gasteiger partial charge in [-0.3, -0.25) is 4.79 Å². The second-order valence-corrected chi connectivity index (χ2v) is 8.58. The predicted octanol–water partition coefficient (Wildman–Crippen LogP) is 5.20. The first-order valence-electron chi connectivity index (χ1n) is 9.88. The van der Waals surface area contributed by atoms with E-state index in [1.165, 1.54) is 0 Å². The molecule has 0 bridgehead atoms. The van der Waals surface area contributed by atoms with Crippen molar-refractivity contribution in [2.24, 2.45) is 5.41 Å². The molecule has 148 valence electrons. The Balaban J connectivity index is 1.53. The predicted molar refractivity (Wildman–Crippen MR) is 116 cm³/mol. The monoisotopic (exact) mass is 396 g/mol. The fourth-order valence-electron chi connectivity index (χ4n) is 3.72. The highest BCUT2D eigenvalue weighted by Crippen LogP contribution is 2.45. The highest BCUT2D eigenvalue weighted by molar-refractivity contribution is 6.14. The molecular formula is C25H20N2O3. The normalized spacial score (nSPS) is 12.2. The maximum atomic E-state index is 12.5. The summed E-state index contributed by atoms with van der Waals surface area (Å²) in [4.78, 5) is 34.2. The molecule has 0 spiro atoms. The first-order chi connectivity index (χ1) is 14.3. The third-order valence-electron chi connectivity index (χ3n) is 5.49. The van der Waals surface area contributed by atoms with Gasteiger partial charge in [-0.15, -0.1) is 0 Å². The summed E-state index contributed by atoms with van der Waals surface area (Å²) < 4.78 is 5.22. The molecule has 0 unspecified atom stereocenters. The van der Waals surface area contributed by atoms with E-state index in [4.69, 9.17) is 14.7 Å². The molecular weight excluding hydrogens is 376 g/mol. The van der Waals surface area contributed by atoms with E-state index >= 15 is 0 Å². The molecule has 0 saturated carbocycles. The van der Waals surface area contributed by atoms with Crippen LogP contribution in [0.25, 0.3) is 44.3 Å². The number of nitrogens with zero attached hydrogens (tertiary/aromatic N) is 2. The lowest BCUT2D eigenvalue weighted by atomic mass is 9.91. The number of carbonyl (C=O) groups excluding carboxylic acids is 2. The Morgan fingerprint density at radius 3 is 2.13 bits per heavy atom. The van der Waals surface area contributed by atoms with Gasteiger partial charge in [-0.1, -0.05) is 57.2 Å². The standard InChI is InChI=1S/C25H20N2O3/c1-25(2,3)20(28)13-30-24(29)15-10-11-18-19(12-15)27-23-17-9-5-7-14-6-4-8-16(21(14)17)22(23)26-18/h4-12H,13H2,1-3H3. The summed E-state index contributed by atoms with van der Waals surface area (Å²) in [5.74, 6) is -0.665. The second kappa shape index (κ2) is 6.46. The molecule has 1 heterocycles. The van der Waals surface area contributed by atoms with Gasteiger partial charge in [0.05, 0.1) is 28.0 Å². The van der Waals surface area contributed by atoms with Crippen molar-refractivity contribution in [2.75, 3.05) is 6.61 Å². The maximum absolute atomic E-state index is 12.5. The Morgan fingerprint density at radius 2 is 1.50 bits per heavy atom. The second-order valence-electron chi connectivity index (χ2n) is 8.58. The van der Waals surface area contributed by atoms with Crippen LogP contribution in [0.5, 0.6) is 0 Å².